The van der Waals surface area contributed by atoms with Gasteiger partial charge in [0.25, 0.3) is 0 Å². The van der Waals surface area contributed by atoms with Crippen LogP contribution in [0.3, 0.4) is 0 Å². The summed E-state index contributed by atoms with van der Waals surface area (Å²) in [6, 6.07) is 1.79. The van der Waals surface area contributed by atoms with Crippen LogP contribution in [0.2, 0.25) is 0 Å². The predicted molar refractivity (Wildman–Crippen MR) is 65.5 cm³/mol. The molecule has 0 spiro atoms. The molecule has 0 saturated carbocycles. The first-order valence-corrected chi connectivity index (χ1v) is 6.26. The molecule has 1 aliphatic rings. The van der Waals surface area contributed by atoms with Crippen LogP contribution < -0.4 is 0 Å². The molecule has 1 aromatic heterocycles. The SMILES string of the molecule is Cc1cc(CN2CCC(CO)CC2)oc1C(=O)O. The minimum absolute atomic E-state index is 0.0373. The van der Waals surface area contributed by atoms with Crippen molar-refractivity contribution in [2.45, 2.75) is 26.3 Å². The highest BCUT2D eigenvalue weighted by Crippen LogP contribution is 2.21. The van der Waals surface area contributed by atoms with Gasteiger partial charge < -0.3 is 14.6 Å². The quantitative estimate of drug-likeness (QED) is 0.850. The van der Waals surface area contributed by atoms with Crippen LogP contribution in [0.4, 0.5) is 0 Å². The lowest BCUT2D eigenvalue weighted by molar-refractivity contribution is 0.0655. The summed E-state index contributed by atoms with van der Waals surface area (Å²) in [4.78, 5) is 13.1. The molecular formula is C13H19NO4. The van der Waals surface area contributed by atoms with Crippen LogP contribution in [0.25, 0.3) is 0 Å². The summed E-state index contributed by atoms with van der Waals surface area (Å²) in [5.74, 6) is 0.134. The number of hydrogen-bond acceptors (Lipinski definition) is 4. The van der Waals surface area contributed by atoms with Gasteiger partial charge in [-0.05, 0) is 44.8 Å². The fourth-order valence-electron chi connectivity index (χ4n) is 2.39. The molecule has 18 heavy (non-hydrogen) atoms. The molecular weight excluding hydrogens is 234 g/mol. The number of nitrogens with zero attached hydrogens (tertiary/aromatic N) is 1. The lowest BCUT2D eigenvalue weighted by Gasteiger charge is -2.30. The number of furan rings is 1. The molecule has 1 aromatic rings. The van der Waals surface area contributed by atoms with Gasteiger partial charge in [-0.2, -0.15) is 0 Å². The maximum atomic E-state index is 10.9. The number of carboxylic acid groups (broad SMARTS) is 1. The van der Waals surface area contributed by atoms with Crippen molar-refractivity contribution in [3.8, 4) is 0 Å². The van der Waals surface area contributed by atoms with Crippen LogP contribution in [-0.4, -0.2) is 40.8 Å². The van der Waals surface area contributed by atoms with E-state index in [1.54, 1.807) is 13.0 Å². The van der Waals surface area contributed by atoms with Crippen LogP contribution in [-0.2, 0) is 6.54 Å². The predicted octanol–water partition coefficient (Wildman–Crippen LogP) is 1.49. The number of likely N-dealkylation sites (tertiary alicyclic amines) is 1. The molecule has 1 aliphatic heterocycles. The number of carbonyl (C=O) groups is 1. The molecule has 0 aromatic carbocycles. The van der Waals surface area contributed by atoms with E-state index >= 15 is 0 Å². The van der Waals surface area contributed by atoms with Crippen LogP contribution in [0.1, 0.15) is 34.7 Å². The molecule has 0 bridgehead atoms. The summed E-state index contributed by atoms with van der Waals surface area (Å²) < 4.78 is 5.34. The largest absolute Gasteiger partial charge is 0.475 e. The molecule has 2 heterocycles. The third-order valence-electron chi connectivity index (χ3n) is 3.51. The average molecular weight is 253 g/mol. The van der Waals surface area contributed by atoms with Gasteiger partial charge in [0.2, 0.25) is 5.76 Å². The van der Waals surface area contributed by atoms with Gasteiger partial charge in [-0.3, -0.25) is 4.90 Å². The number of aromatic carboxylic acids is 1. The Bertz CT molecular complexity index is 419. The van der Waals surface area contributed by atoms with E-state index in [9.17, 15) is 4.79 Å². The molecule has 0 unspecified atom stereocenters. The number of aliphatic hydroxyl groups excluding tert-OH is 1. The van der Waals surface area contributed by atoms with E-state index in [0.29, 0.717) is 23.8 Å². The lowest BCUT2D eigenvalue weighted by atomic mass is 9.98. The fourth-order valence-corrected chi connectivity index (χ4v) is 2.39. The molecule has 0 aliphatic carbocycles. The Kier molecular flexibility index (Phi) is 4.04. The Morgan fingerprint density at radius 1 is 1.50 bits per heavy atom. The first-order chi connectivity index (χ1) is 8.60. The van der Waals surface area contributed by atoms with Crippen LogP contribution in [0, 0.1) is 12.8 Å². The van der Waals surface area contributed by atoms with Crippen molar-refractivity contribution in [2.75, 3.05) is 19.7 Å². The monoisotopic (exact) mass is 253 g/mol. The summed E-state index contributed by atoms with van der Waals surface area (Å²) >= 11 is 0. The van der Waals surface area contributed by atoms with Crippen LogP contribution in [0.15, 0.2) is 10.5 Å². The lowest BCUT2D eigenvalue weighted by Crippen LogP contribution is -2.34. The molecule has 0 atom stereocenters. The Morgan fingerprint density at radius 2 is 2.17 bits per heavy atom. The van der Waals surface area contributed by atoms with Gasteiger partial charge >= 0.3 is 5.97 Å². The standard InChI is InChI=1S/C13H19NO4/c1-9-6-11(18-12(9)13(16)17)7-14-4-2-10(8-15)3-5-14/h6,10,15H,2-5,7-8H2,1H3,(H,16,17). The van der Waals surface area contributed by atoms with Gasteiger partial charge in [-0.25, -0.2) is 4.79 Å². The van der Waals surface area contributed by atoms with Crippen molar-refractivity contribution < 1.29 is 19.4 Å². The zero-order valence-corrected chi connectivity index (χ0v) is 10.6. The van der Waals surface area contributed by atoms with Crippen molar-refractivity contribution in [3.05, 3.63) is 23.2 Å². The van der Waals surface area contributed by atoms with E-state index in [1.807, 2.05) is 0 Å². The Labute approximate surface area is 106 Å². The molecule has 2 N–H and O–H groups in total. The Morgan fingerprint density at radius 3 is 2.67 bits per heavy atom. The number of piperidine rings is 1. The van der Waals surface area contributed by atoms with Gasteiger partial charge in [0.1, 0.15) is 5.76 Å². The van der Waals surface area contributed by atoms with Crippen molar-refractivity contribution >= 4 is 5.97 Å². The molecule has 0 radical (unpaired) electrons. The summed E-state index contributed by atoms with van der Waals surface area (Å²) in [6.45, 7) is 4.50. The number of rotatable bonds is 4. The number of aryl methyl sites for hydroxylation is 1. The third kappa shape index (κ3) is 2.91. The topological polar surface area (TPSA) is 73.9 Å². The van der Waals surface area contributed by atoms with Gasteiger partial charge in [-0.15, -0.1) is 0 Å². The van der Waals surface area contributed by atoms with Crippen molar-refractivity contribution in [2.24, 2.45) is 5.92 Å². The van der Waals surface area contributed by atoms with Gasteiger partial charge in [0.05, 0.1) is 6.54 Å². The van der Waals surface area contributed by atoms with E-state index < -0.39 is 5.97 Å². The summed E-state index contributed by atoms with van der Waals surface area (Å²) in [5, 5.41) is 18.0. The maximum absolute atomic E-state index is 10.9. The second kappa shape index (κ2) is 5.54. The van der Waals surface area contributed by atoms with Gasteiger partial charge in [-0.1, -0.05) is 0 Å². The van der Waals surface area contributed by atoms with E-state index in [0.717, 1.165) is 25.9 Å². The minimum Gasteiger partial charge on any atom is -0.475 e. The van der Waals surface area contributed by atoms with Crippen LogP contribution in [0.5, 0.6) is 0 Å². The molecule has 0 amide bonds. The third-order valence-corrected chi connectivity index (χ3v) is 3.51. The van der Waals surface area contributed by atoms with E-state index in [1.165, 1.54) is 0 Å². The zero-order chi connectivity index (χ0) is 13.1. The first kappa shape index (κ1) is 13.1. The van der Waals surface area contributed by atoms with Crippen molar-refractivity contribution in [3.63, 3.8) is 0 Å². The fraction of sp³-hybridized carbons (Fsp3) is 0.615. The normalized spacial score (nSPS) is 18.1. The maximum Gasteiger partial charge on any atom is 0.372 e. The van der Waals surface area contributed by atoms with Crippen LogP contribution >= 0.6 is 0 Å². The van der Waals surface area contributed by atoms with E-state index in [4.69, 9.17) is 14.6 Å². The minimum atomic E-state index is -1.02. The molecule has 2 rings (SSSR count). The summed E-state index contributed by atoms with van der Waals surface area (Å²) in [7, 11) is 0. The van der Waals surface area contributed by atoms with E-state index in [2.05, 4.69) is 4.90 Å². The second-order valence-corrected chi connectivity index (χ2v) is 4.93. The highest BCUT2D eigenvalue weighted by molar-refractivity contribution is 5.86. The smallest absolute Gasteiger partial charge is 0.372 e. The Hall–Kier alpha value is -1.33. The van der Waals surface area contributed by atoms with Gasteiger partial charge in [0, 0.05) is 12.2 Å². The van der Waals surface area contributed by atoms with Gasteiger partial charge in [0.15, 0.2) is 0 Å². The molecule has 1 saturated heterocycles. The molecule has 1 fully saturated rings. The Balaban J connectivity index is 1.94. The number of hydrogen-bond donors (Lipinski definition) is 2. The summed E-state index contributed by atoms with van der Waals surface area (Å²) in [6.07, 6.45) is 1.98. The molecule has 100 valence electrons. The highest BCUT2D eigenvalue weighted by Gasteiger charge is 2.21. The highest BCUT2D eigenvalue weighted by atomic mass is 16.4. The van der Waals surface area contributed by atoms with Crippen molar-refractivity contribution in [1.82, 2.24) is 4.90 Å². The average Bonchev–Trinajstić information content (AvgIpc) is 2.71. The zero-order valence-electron chi connectivity index (χ0n) is 10.6. The second-order valence-electron chi connectivity index (χ2n) is 4.93. The number of carboxylic acids is 1. The molecule has 5 nitrogen and oxygen atoms in total. The first-order valence-electron chi connectivity index (χ1n) is 6.26. The molecule has 5 heteroatoms. The number of aliphatic hydroxyl groups is 1. The van der Waals surface area contributed by atoms with E-state index in [-0.39, 0.29) is 12.4 Å². The van der Waals surface area contributed by atoms with Crippen molar-refractivity contribution in [1.29, 1.82) is 0 Å². The summed E-state index contributed by atoms with van der Waals surface area (Å²) in [5.41, 5.74) is 0.669.